The fourth-order valence-corrected chi connectivity index (χ4v) is 1.61. The predicted octanol–water partition coefficient (Wildman–Crippen LogP) is 1.70. The van der Waals surface area contributed by atoms with Crippen molar-refractivity contribution in [3.8, 4) is 0 Å². The summed E-state index contributed by atoms with van der Waals surface area (Å²) in [6, 6.07) is 0. The van der Waals surface area contributed by atoms with E-state index in [4.69, 9.17) is 18.0 Å². The Morgan fingerprint density at radius 1 is 1.47 bits per heavy atom. The SMILES string of the molecule is CCCCN(CCC(N)=S)C(=O)C1CC1. The first kappa shape index (κ1) is 12.4. The van der Waals surface area contributed by atoms with Gasteiger partial charge in [-0.1, -0.05) is 25.6 Å². The predicted molar refractivity (Wildman–Crippen MR) is 65.6 cm³/mol. The van der Waals surface area contributed by atoms with Crippen molar-refractivity contribution in [2.24, 2.45) is 11.7 Å². The first-order valence-electron chi connectivity index (χ1n) is 5.72. The molecule has 0 aromatic heterocycles. The summed E-state index contributed by atoms with van der Waals surface area (Å²) in [6.07, 6.45) is 4.96. The summed E-state index contributed by atoms with van der Waals surface area (Å²) < 4.78 is 0. The van der Waals surface area contributed by atoms with Gasteiger partial charge in [-0.2, -0.15) is 0 Å². The van der Waals surface area contributed by atoms with Crippen molar-refractivity contribution in [2.45, 2.75) is 39.0 Å². The van der Waals surface area contributed by atoms with E-state index < -0.39 is 0 Å². The zero-order chi connectivity index (χ0) is 11.3. The monoisotopic (exact) mass is 228 g/mol. The van der Waals surface area contributed by atoms with Gasteiger partial charge in [0, 0.05) is 25.4 Å². The lowest BCUT2D eigenvalue weighted by atomic mass is 10.2. The zero-order valence-electron chi connectivity index (χ0n) is 9.37. The van der Waals surface area contributed by atoms with Crippen LogP contribution in [0.2, 0.25) is 0 Å². The zero-order valence-corrected chi connectivity index (χ0v) is 10.2. The first-order valence-corrected chi connectivity index (χ1v) is 6.13. The highest BCUT2D eigenvalue weighted by atomic mass is 32.1. The summed E-state index contributed by atoms with van der Waals surface area (Å²) in [6.45, 7) is 3.69. The largest absolute Gasteiger partial charge is 0.393 e. The van der Waals surface area contributed by atoms with Gasteiger partial charge < -0.3 is 10.6 Å². The van der Waals surface area contributed by atoms with E-state index in [-0.39, 0.29) is 0 Å². The van der Waals surface area contributed by atoms with Gasteiger partial charge in [-0.05, 0) is 19.3 Å². The van der Waals surface area contributed by atoms with Crippen molar-refractivity contribution in [1.82, 2.24) is 4.90 Å². The molecule has 4 heteroatoms. The van der Waals surface area contributed by atoms with Crippen LogP contribution >= 0.6 is 12.2 Å². The van der Waals surface area contributed by atoms with Crippen LogP contribution in [0.15, 0.2) is 0 Å². The molecule has 0 aromatic carbocycles. The second-order valence-corrected chi connectivity index (χ2v) is 4.69. The summed E-state index contributed by atoms with van der Waals surface area (Å²) in [4.78, 5) is 14.3. The molecular weight excluding hydrogens is 208 g/mol. The lowest BCUT2D eigenvalue weighted by Crippen LogP contribution is -2.35. The summed E-state index contributed by atoms with van der Waals surface area (Å²) in [5.41, 5.74) is 5.45. The summed E-state index contributed by atoms with van der Waals surface area (Å²) in [7, 11) is 0. The van der Waals surface area contributed by atoms with E-state index in [0.29, 0.717) is 29.8 Å². The number of carbonyl (C=O) groups is 1. The molecule has 0 unspecified atom stereocenters. The van der Waals surface area contributed by atoms with Crippen molar-refractivity contribution in [3.05, 3.63) is 0 Å². The van der Waals surface area contributed by atoms with E-state index in [0.717, 1.165) is 32.2 Å². The van der Waals surface area contributed by atoms with Crippen LogP contribution in [0.4, 0.5) is 0 Å². The van der Waals surface area contributed by atoms with Crippen LogP contribution in [0.25, 0.3) is 0 Å². The lowest BCUT2D eigenvalue weighted by Gasteiger charge is -2.22. The molecule has 1 aliphatic carbocycles. The maximum absolute atomic E-state index is 11.9. The number of nitrogens with zero attached hydrogens (tertiary/aromatic N) is 1. The van der Waals surface area contributed by atoms with Crippen LogP contribution in [0.3, 0.4) is 0 Å². The maximum atomic E-state index is 11.9. The highest BCUT2D eigenvalue weighted by Gasteiger charge is 2.32. The van der Waals surface area contributed by atoms with Crippen LogP contribution in [0.1, 0.15) is 39.0 Å². The third kappa shape index (κ3) is 4.60. The minimum absolute atomic E-state index is 0.299. The van der Waals surface area contributed by atoms with Gasteiger partial charge in [0.1, 0.15) is 0 Å². The normalized spacial score (nSPS) is 15.0. The Morgan fingerprint density at radius 3 is 2.60 bits per heavy atom. The lowest BCUT2D eigenvalue weighted by molar-refractivity contribution is -0.132. The molecule has 0 spiro atoms. The molecule has 1 fully saturated rings. The van der Waals surface area contributed by atoms with Crippen molar-refractivity contribution in [3.63, 3.8) is 0 Å². The quantitative estimate of drug-likeness (QED) is 0.675. The van der Waals surface area contributed by atoms with E-state index in [2.05, 4.69) is 6.92 Å². The first-order chi connectivity index (χ1) is 7.15. The van der Waals surface area contributed by atoms with Crippen LogP contribution in [0, 0.1) is 5.92 Å². The van der Waals surface area contributed by atoms with Gasteiger partial charge in [0.15, 0.2) is 0 Å². The molecule has 1 aliphatic rings. The summed E-state index contributed by atoms with van der Waals surface area (Å²) in [5.74, 6) is 0.605. The van der Waals surface area contributed by atoms with E-state index >= 15 is 0 Å². The Hall–Kier alpha value is -0.640. The number of unbranched alkanes of at least 4 members (excludes halogenated alkanes) is 1. The van der Waals surface area contributed by atoms with Crippen LogP contribution in [0.5, 0.6) is 0 Å². The average molecular weight is 228 g/mol. The third-order valence-electron chi connectivity index (χ3n) is 2.65. The van der Waals surface area contributed by atoms with E-state index in [1.54, 1.807) is 0 Å². The van der Waals surface area contributed by atoms with Crippen molar-refractivity contribution < 1.29 is 4.79 Å². The maximum Gasteiger partial charge on any atom is 0.225 e. The fraction of sp³-hybridized carbons (Fsp3) is 0.818. The molecule has 0 aromatic rings. The van der Waals surface area contributed by atoms with Crippen molar-refractivity contribution >= 4 is 23.1 Å². The molecule has 0 saturated heterocycles. The Bertz CT molecular complexity index is 239. The molecule has 3 nitrogen and oxygen atoms in total. The van der Waals surface area contributed by atoms with Gasteiger partial charge in [-0.15, -0.1) is 0 Å². The number of carbonyl (C=O) groups excluding carboxylic acids is 1. The van der Waals surface area contributed by atoms with E-state index in [1.165, 1.54) is 0 Å². The number of rotatable bonds is 7. The Morgan fingerprint density at radius 2 is 2.13 bits per heavy atom. The molecule has 0 aliphatic heterocycles. The fourth-order valence-electron chi connectivity index (χ4n) is 1.51. The Labute approximate surface area is 97.0 Å². The molecular formula is C11H20N2OS. The molecule has 15 heavy (non-hydrogen) atoms. The van der Waals surface area contributed by atoms with Gasteiger partial charge in [0.25, 0.3) is 0 Å². The standard InChI is InChI=1S/C11H20N2OS/c1-2-3-7-13(8-6-10(12)15)11(14)9-4-5-9/h9H,2-8H2,1H3,(H2,12,15). The molecule has 0 heterocycles. The number of thiocarbonyl (C=S) groups is 1. The molecule has 0 atom stereocenters. The minimum atomic E-state index is 0.299. The van der Waals surface area contributed by atoms with Crippen LogP contribution in [-0.2, 0) is 4.79 Å². The van der Waals surface area contributed by atoms with Crippen molar-refractivity contribution in [2.75, 3.05) is 13.1 Å². The highest BCUT2D eigenvalue weighted by Crippen LogP contribution is 2.31. The highest BCUT2D eigenvalue weighted by molar-refractivity contribution is 7.80. The molecule has 0 radical (unpaired) electrons. The number of hydrogen-bond acceptors (Lipinski definition) is 2. The molecule has 0 bridgehead atoms. The summed E-state index contributed by atoms with van der Waals surface area (Å²) >= 11 is 4.83. The van der Waals surface area contributed by atoms with Gasteiger partial charge in [0.05, 0.1) is 4.99 Å². The van der Waals surface area contributed by atoms with Gasteiger partial charge in [0.2, 0.25) is 5.91 Å². The molecule has 1 amide bonds. The number of nitrogens with two attached hydrogens (primary N) is 1. The van der Waals surface area contributed by atoms with E-state index in [9.17, 15) is 4.79 Å². The number of hydrogen-bond donors (Lipinski definition) is 1. The Kier molecular flexibility index (Phi) is 5.02. The second kappa shape index (κ2) is 6.05. The van der Waals surface area contributed by atoms with Gasteiger partial charge >= 0.3 is 0 Å². The van der Waals surface area contributed by atoms with Crippen LogP contribution < -0.4 is 5.73 Å². The second-order valence-electron chi connectivity index (χ2n) is 4.17. The van der Waals surface area contributed by atoms with Crippen molar-refractivity contribution in [1.29, 1.82) is 0 Å². The summed E-state index contributed by atoms with van der Waals surface area (Å²) in [5, 5.41) is 0. The van der Waals surface area contributed by atoms with Gasteiger partial charge in [-0.25, -0.2) is 0 Å². The smallest absolute Gasteiger partial charge is 0.225 e. The Balaban J connectivity index is 2.36. The average Bonchev–Trinajstić information content (AvgIpc) is 3.00. The number of amides is 1. The topological polar surface area (TPSA) is 46.3 Å². The molecule has 86 valence electrons. The molecule has 2 N–H and O–H groups in total. The van der Waals surface area contributed by atoms with E-state index in [1.807, 2.05) is 4.90 Å². The van der Waals surface area contributed by atoms with Crippen LogP contribution in [-0.4, -0.2) is 28.9 Å². The third-order valence-corrected chi connectivity index (χ3v) is 2.85. The molecule has 1 saturated carbocycles. The molecule has 1 rings (SSSR count). The minimum Gasteiger partial charge on any atom is -0.393 e. The van der Waals surface area contributed by atoms with Gasteiger partial charge in [-0.3, -0.25) is 4.79 Å².